The van der Waals surface area contributed by atoms with Gasteiger partial charge >= 0.3 is 0 Å². The number of thioether (sulfide) groups is 1. The fourth-order valence-electron chi connectivity index (χ4n) is 2.32. The molecule has 8 nitrogen and oxygen atoms in total. The number of imidazole rings is 1. The molecule has 1 saturated heterocycles. The highest BCUT2D eigenvalue weighted by Gasteiger charge is 2.44. The van der Waals surface area contributed by atoms with Crippen molar-refractivity contribution in [2.24, 2.45) is 0 Å². The summed E-state index contributed by atoms with van der Waals surface area (Å²) >= 11 is 0.340. The number of nitrogens with zero attached hydrogens (tertiary/aromatic N) is 4. The number of ether oxygens (including phenoxy) is 1. The summed E-state index contributed by atoms with van der Waals surface area (Å²) in [5, 5.41) is 20.0. The van der Waals surface area contributed by atoms with Crippen LogP contribution in [0.15, 0.2) is 12.7 Å². The third kappa shape index (κ3) is 2.60. The lowest BCUT2D eigenvalue weighted by atomic mass is 10.1. The van der Waals surface area contributed by atoms with E-state index in [0.29, 0.717) is 22.9 Å². The highest BCUT2D eigenvalue weighted by Crippen LogP contribution is 2.34. The lowest BCUT2D eigenvalue weighted by molar-refractivity contribution is -0.0290. The summed E-state index contributed by atoms with van der Waals surface area (Å²) in [7, 11) is 0. The largest absolute Gasteiger partial charge is 0.387 e. The normalized spacial score (nSPS) is 28.8. The average Bonchev–Trinajstić information content (AvgIpc) is 3.01. The van der Waals surface area contributed by atoms with Crippen LogP contribution in [0.3, 0.4) is 0 Å². The third-order valence-corrected chi connectivity index (χ3v) is 4.16. The van der Waals surface area contributed by atoms with Crippen molar-refractivity contribution in [3.63, 3.8) is 0 Å². The van der Waals surface area contributed by atoms with E-state index in [1.54, 1.807) is 0 Å². The molecule has 22 heavy (non-hydrogen) atoms. The molecule has 4 N–H and O–H groups in total. The van der Waals surface area contributed by atoms with Crippen LogP contribution in [-0.4, -0.2) is 59.6 Å². The van der Waals surface area contributed by atoms with E-state index in [4.69, 9.17) is 10.5 Å². The van der Waals surface area contributed by atoms with Crippen LogP contribution >= 0.6 is 11.8 Å². The highest BCUT2D eigenvalue weighted by molar-refractivity contribution is 7.99. The molecule has 1 aliphatic heterocycles. The van der Waals surface area contributed by atoms with E-state index in [-0.39, 0.29) is 11.6 Å². The summed E-state index contributed by atoms with van der Waals surface area (Å²) in [5.41, 5.74) is 6.33. The fraction of sp³-hybridized carbons (Fsp3) is 0.545. The summed E-state index contributed by atoms with van der Waals surface area (Å²) in [5.74, 6) is -2.55. The average molecular weight is 333 g/mol. The number of aliphatic hydroxyl groups is 2. The zero-order valence-corrected chi connectivity index (χ0v) is 11.9. The van der Waals surface area contributed by atoms with E-state index < -0.39 is 30.3 Å². The summed E-state index contributed by atoms with van der Waals surface area (Å²) in [4.78, 5) is 11.8. The second-order valence-corrected chi connectivity index (χ2v) is 5.75. The number of nitrogens with two attached hydrogens (primary N) is 1. The second kappa shape index (κ2) is 5.91. The number of fused-ring (bicyclic) bond motifs is 1. The molecule has 0 unspecified atom stereocenters. The molecule has 120 valence electrons. The first-order chi connectivity index (χ1) is 10.5. The van der Waals surface area contributed by atoms with Crippen LogP contribution in [-0.2, 0) is 4.74 Å². The van der Waals surface area contributed by atoms with Crippen molar-refractivity contribution in [1.29, 1.82) is 0 Å². The number of rotatable bonds is 4. The van der Waals surface area contributed by atoms with Crippen LogP contribution in [0.4, 0.5) is 14.6 Å². The van der Waals surface area contributed by atoms with Gasteiger partial charge in [0.2, 0.25) is 0 Å². The molecule has 0 aromatic carbocycles. The van der Waals surface area contributed by atoms with Crippen molar-refractivity contribution < 1.29 is 23.7 Å². The van der Waals surface area contributed by atoms with Gasteiger partial charge in [-0.2, -0.15) is 8.78 Å². The summed E-state index contributed by atoms with van der Waals surface area (Å²) in [6.45, 7) is 0. The molecule has 0 amide bonds. The highest BCUT2D eigenvalue weighted by atomic mass is 32.2. The molecule has 0 radical (unpaired) electrons. The number of aliphatic hydroxyl groups excluding tert-OH is 2. The van der Waals surface area contributed by atoms with E-state index in [2.05, 4.69) is 15.0 Å². The Hall–Kier alpha value is -1.56. The van der Waals surface area contributed by atoms with Gasteiger partial charge in [0, 0.05) is 5.75 Å². The van der Waals surface area contributed by atoms with Crippen LogP contribution in [0, 0.1) is 0 Å². The van der Waals surface area contributed by atoms with Gasteiger partial charge in [0.05, 0.1) is 12.4 Å². The van der Waals surface area contributed by atoms with E-state index in [1.807, 2.05) is 0 Å². The Morgan fingerprint density at radius 1 is 1.32 bits per heavy atom. The fourth-order valence-corrected chi connectivity index (χ4v) is 2.93. The Balaban J connectivity index is 1.86. The van der Waals surface area contributed by atoms with Gasteiger partial charge in [-0.3, -0.25) is 4.57 Å². The monoisotopic (exact) mass is 333 g/mol. The number of halogens is 2. The molecular formula is C11H13F2N5O3S. The van der Waals surface area contributed by atoms with E-state index >= 15 is 0 Å². The van der Waals surface area contributed by atoms with Crippen molar-refractivity contribution in [3.8, 4) is 0 Å². The molecule has 0 bridgehead atoms. The minimum atomic E-state index is -2.58. The minimum Gasteiger partial charge on any atom is -0.387 e. The van der Waals surface area contributed by atoms with E-state index in [1.165, 1.54) is 17.2 Å². The molecule has 0 saturated carbocycles. The minimum absolute atomic E-state index is 0.143. The predicted molar refractivity (Wildman–Crippen MR) is 74.1 cm³/mol. The first-order valence-corrected chi connectivity index (χ1v) is 7.38. The van der Waals surface area contributed by atoms with Crippen LogP contribution in [0.5, 0.6) is 0 Å². The van der Waals surface area contributed by atoms with Crippen LogP contribution in [0.25, 0.3) is 11.2 Å². The number of anilines is 1. The van der Waals surface area contributed by atoms with Gasteiger partial charge in [-0.05, 0) is 0 Å². The van der Waals surface area contributed by atoms with Crippen LogP contribution in [0.1, 0.15) is 6.23 Å². The predicted octanol–water partition coefficient (Wildman–Crippen LogP) is -0.0165. The van der Waals surface area contributed by atoms with E-state index in [0.717, 1.165) is 0 Å². The Labute approximate surface area is 127 Å². The molecular weight excluding hydrogens is 320 g/mol. The topological polar surface area (TPSA) is 119 Å². The van der Waals surface area contributed by atoms with Crippen molar-refractivity contribution in [3.05, 3.63) is 12.7 Å². The quantitative estimate of drug-likeness (QED) is 0.714. The van der Waals surface area contributed by atoms with Crippen LogP contribution in [0.2, 0.25) is 0 Å². The Kier molecular flexibility index (Phi) is 4.12. The van der Waals surface area contributed by atoms with Gasteiger partial charge < -0.3 is 20.7 Å². The first kappa shape index (κ1) is 15.3. The van der Waals surface area contributed by atoms with Gasteiger partial charge in [-0.25, -0.2) is 15.0 Å². The van der Waals surface area contributed by atoms with E-state index in [9.17, 15) is 19.0 Å². The second-order valence-electron chi connectivity index (χ2n) is 4.72. The number of aromatic nitrogens is 4. The molecule has 1 fully saturated rings. The van der Waals surface area contributed by atoms with Crippen molar-refractivity contribution in [2.75, 3.05) is 11.5 Å². The number of hydrogen-bond acceptors (Lipinski definition) is 8. The van der Waals surface area contributed by atoms with Crippen LogP contribution < -0.4 is 5.73 Å². The molecule has 11 heteroatoms. The maximum absolute atomic E-state index is 12.3. The molecule has 2 aromatic rings. The molecule has 1 aliphatic rings. The Morgan fingerprint density at radius 2 is 2.09 bits per heavy atom. The van der Waals surface area contributed by atoms with Crippen molar-refractivity contribution >= 4 is 28.7 Å². The van der Waals surface area contributed by atoms with Crippen molar-refractivity contribution in [2.45, 2.75) is 30.3 Å². The number of hydrogen-bond donors (Lipinski definition) is 3. The Morgan fingerprint density at radius 3 is 2.82 bits per heavy atom. The standard InChI is InChI=1S/C11H13F2N5O3S/c12-11(13)22-1-4-6(19)7(20)10(21-4)18-3-17-5-8(14)15-2-16-9(5)18/h2-4,6-7,10-11,19-20H,1H2,(H2,14,15,16)/t4-,6-,7-,10-/m0/s1. The zero-order valence-electron chi connectivity index (χ0n) is 11.1. The lowest BCUT2D eigenvalue weighted by Gasteiger charge is -2.16. The van der Waals surface area contributed by atoms with Gasteiger partial charge in [0.15, 0.2) is 17.7 Å². The molecule has 2 aromatic heterocycles. The number of alkyl halides is 2. The van der Waals surface area contributed by atoms with Gasteiger partial charge in [-0.15, -0.1) is 0 Å². The molecule has 3 heterocycles. The Bertz CT molecular complexity index is 672. The summed E-state index contributed by atoms with van der Waals surface area (Å²) in [6.07, 6.45) is -1.91. The lowest BCUT2D eigenvalue weighted by Crippen LogP contribution is -2.32. The van der Waals surface area contributed by atoms with Crippen molar-refractivity contribution in [1.82, 2.24) is 19.5 Å². The third-order valence-electron chi connectivity index (χ3n) is 3.38. The molecule has 0 aliphatic carbocycles. The van der Waals surface area contributed by atoms with Gasteiger partial charge in [0.1, 0.15) is 24.1 Å². The van der Waals surface area contributed by atoms with Gasteiger partial charge in [-0.1, -0.05) is 11.8 Å². The maximum atomic E-state index is 12.3. The molecule has 0 spiro atoms. The molecule has 4 atom stereocenters. The molecule has 3 rings (SSSR count). The zero-order chi connectivity index (χ0) is 15.9. The first-order valence-electron chi connectivity index (χ1n) is 6.33. The van der Waals surface area contributed by atoms with Gasteiger partial charge in [0.25, 0.3) is 5.76 Å². The smallest absolute Gasteiger partial charge is 0.284 e. The number of nitrogen functional groups attached to an aromatic ring is 1. The summed E-state index contributed by atoms with van der Waals surface area (Å²) < 4.78 is 31.4. The summed E-state index contributed by atoms with van der Waals surface area (Å²) in [6, 6.07) is 0. The maximum Gasteiger partial charge on any atom is 0.284 e. The SMILES string of the molecule is Nc1ncnc2c1ncn2[C@H]1O[C@@H](CSC(F)F)[C@H](O)[C@@H]1O.